The van der Waals surface area contributed by atoms with Gasteiger partial charge < -0.3 is 5.32 Å². The van der Waals surface area contributed by atoms with Gasteiger partial charge in [-0.05, 0) is 20.8 Å². The first-order chi connectivity index (χ1) is 5.53. The van der Waals surface area contributed by atoms with Gasteiger partial charge in [-0.25, -0.2) is 4.98 Å². The predicted molar refractivity (Wildman–Crippen MR) is 55.3 cm³/mol. The van der Waals surface area contributed by atoms with E-state index in [0.717, 1.165) is 10.8 Å². The maximum Gasteiger partial charge on any atom is 0.183 e. The minimum atomic E-state index is -0.0775. The van der Waals surface area contributed by atoms with Gasteiger partial charge in [0.15, 0.2) is 5.13 Å². The van der Waals surface area contributed by atoms with Crippen molar-refractivity contribution >= 4 is 28.1 Å². The molecule has 0 radical (unpaired) electrons. The SMILES string of the molecule is Cc1csc(NC(C)(C)CCl)n1. The lowest BCUT2D eigenvalue weighted by atomic mass is 10.1. The number of rotatable bonds is 3. The monoisotopic (exact) mass is 204 g/mol. The van der Waals surface area contributed by atoms with E-state index in [1.54, 1.807) is 11.3 Å². The van der Waals surface area contributed by atoms with Crippen LogP contribution in [-0.4, -0.2) is 16.4 Å². The summed E-state index contributed by atoms with van der Waals surface area (Å²) in [4.78, 5) is 4.29. The standard InChI is InChI=1S/C8H13ClN2S/c1-6-4-12-7(10-6)11-8(2,3)5-9/h4H,5H2,1-3H3,(H,10,11). The number of hydrogen-bond acceptors (Lipinski definition) is 3. The van der Waals surface area contributed by atoms with Gasteiger partial charge in [-0.1, -0.05) is 0 Å². The molecule has 0 unspecified atom stereocenters. The van der Waals surface area contributed by atoms with Crippen LogP contribution in [0.1, 0.15) is 19.5 Å². The zero-order chi connectivity index (χ0) is 9.19. The van der Waals surface area contributed by atoms with Gasteiger partial charge in [-0.3, -0.25) is 0 Å². The number of aryl methyl sites for hydroxylation is 1. The topological polar surface area (TPSA) is 24.9 Å². The lowest BCUT2D eigenvalue weighted by Crippen LogP contribution is -2.32. The van der Waals surface area contributed by atoms with Crippen molar-refractivity contribution in [3.8, 4) is 0 Å². The minimum Gasteiger partial charge on any atom is -0.355 e. The van der Waals surface area contributed by atoms with Crippen LogP contribution in [0.4, 0.5) is 5.13 Å². The van der Waals surface area contributed by atoms with Crippen molar-refractivity contribution in [2.75, 3.05) is 11.2 Å². The Balaban J connectivity index is 2.63. The van der Waals surface area contributed by atoms with E-state index in [0.29, 0.717) is 5.88 Å². The number of thiazole rings is 1. The second-order valence-electron chi connectivity index (χ2n) is 3.44. The van der Waals surface area contributed by atoms with Crippen LogP contribution in [0.25, 0.3) is 0 Å². The smallest absolute Gasteiger partial charge is 0.183 e. The molecule has 0 aliphatic carbocycles. The summed E-state index contributed by atoms with van der Waals surface area (Å²) < 4.78 is 0. The van der Waals surface area contributed by atoms with E-state index >= 15 is 0 Å². The molecule has 2 nitrogen and oxygen atoms in total. The molecule has 1 aromatic rings. The Hall–Kier alpha value is -0.280. The normalized spacial score (nSPS) is 11.7. The van der Waals surface area contributed by atoms with E-state index in [1.165, 1.54) is 0 Å². The fraction of sp³-hybridized carbons (Fsp3) is 0.625. The average molecular weight is 205 g/mol. The maximum atomic E-state index is 5.76. The molecule has 0 aliphatic heterocycles. The van der Waals surface area contributed by atoms with Gasteiger partial charge >= 0.3 is 0 Å². The van der Waals surface area contributed by atoms with Crippen molar-refractivity contribution < 1.29 is 0 Å². The Kier molecular flexibility index (Phi) is 2.96. The van der Waals surface area contributed by atoms with Crippen molar-refractivity contribution in [3.05, 3.63) is 11.1 Å². The molecule has 0 spiro atoms. The van der Waals surface area contributed by atoms with Crippen LogP contribution in [-0.2, 0) is 0 Å². The molecule has 12 heavy (non-hydrogen) atoms. The lowest BCUT2D eigenvalue weighted by Gasteiger charge is -2.22. The van der Waals surface area contributed by atoms with Crippen LogP contribution in [0.2, 0.25) is 0 Å². The number of halogens is 1. The Bertz CT molecular complexity index is 257. The number of nitrogens with zero attached hydrogens (tertiary/aromatic N) is 1. The molecule has 1 aromatic heterocycles. The van der Waals surface area contributed by atoms with Crippen LogP contribution in [0.3, 0.4) is 0 Å². The highest BCUT2D eigenvalue weighted by Gasteiger charge is 2.16. The van der Waals surface area contributed by atoms with Gasteiger partial charge in [0, 0.05) is 16.8 Å². The van der Waals surface area contributed by atoms with E-state index in [2.05, 4.69) is 24.1 Å². The summed E-state index contributed by atoms with van der Waals surface area (Å²) in [6.45, 7) is 6.09. The molecule has 1 rings (SSSR count). The highest BCUT2D eigenvalue weighted by atomic mass is 35.5. The highest BCUT2D eigenvalue weighted by Crippen LogP contribution is 2.20. The Morgan fingerprint density at radius 3 is 2.75 bits per heavy atom. The highest BCUT2D eigenvalue weighted by molar-refractivity contribution is 7.13. The molecule has 0 bridgehead atoms. The van der Waals surface area contributed by atoms with Gasteiger partial charge in [0.05, 0.1) is 5.69 Å². The van der Waals surface area contributed by atoms with Gasteiger partial charge in [0.25, 0.3) is 0 Å². The van der Waals surface area contributed by atoms with E-state index < -0.39 is 0 Å². The molecule has 1 N–H and O–H groups in total. The van der Waals surface area contributed by atoms with Crippen LogP contribution in [0.5, 0.6) is 0 Å². The van der Waals surface area contributed by atoms with Crippen molar-refractivity contribution in [1.82, 2.24) is 4.98 Å². The minimum absolute atomic E-state index is 0.0775. The summed E-state index contributed by atoms with van der Waals surface area (Å²) >= 11 is 7.38. The van der Waals surface area contributed by atoms with Crippen molar-refractivity contribution in [3.63, 3.8) is 0 Å². The largest absolute Gasteiger partial charge is 0.355 e. The molecule has 1 heterocycles. The third-order valence-electron chi connectivity index (χ3n) is 1.40. The van der Waals surface area contributed by atoms with Crippen molar-refractivity contribution in [2.24, 2.45) is 0 Å². The first-order valence-electron chi connectivity index (χ1n) is 3.80. The maximum absolute atomic E-state index is 5.76. The van der Waals surface area contributed by atoms with Crippen molar-refractivity contribution in [1.29, 1.82) is 0 Å². The van der Waals surface area contributed by atoms with Crippen LogP contribution >= 0.6 is 22.9 Å². The second-order valence-corrected chi connectivity index (χ2v) is 4.56. The molecule has 0 saturated carbocycles. The van der Waals surface area contributed by atoms with E-state index in [9.17, 15) is 0 Å². The lowest BCUT2D eigenvalue weighted by molar-refractivity contribution is 0.640. The van der Waals surface area contributed by atoms with Crippen LogP contribution < -0.4 is 5.32 Å². The zero-order valence-electron chi connectivity index (χ0n) is 7.52. The summed E-state index contributed by atoms with van der Waals surface area (Å²) in [5, 5.41) is 6.23. The molecule has 0 aliphatic rings. The zero-order valence-corrected chi connectivity index (χ0v) is 9.09. The first-order valence-corrected chi connectivity index (χ1v) is 5.21. The third-order valence-corrected chi connectivity index (χ3v) is 2.94. The average Bonchev–Trinajstić information content (AvgIpc) is 2.35. The molecule has 0 aromatic carbocycles. The van der Waals surface area contributed by atoms with Gasteiger partial charge in [0.2, 0.25) is 0 Å². The summed E-state index contributed by atoms with van der Waals surface area (Å²) in [5.41, 5.74) is 0.971. The number of hydrogen-bond donors (Lipinski definition) is 1. The number of anilines is 1. The molecule has 0 saturated heterocycles. The van der Waals surface area contributed by atoms with E-state index in [-0.39, 0.29) is 5.54 Å². The molecule has 68 valence electrons. The molecular formula is C8H13ClN2S. The molecular weight excluding hydrogens is 192 g/mol. The van der Waals surface area contributed by atoms with Gasteiger partial charge in [-0.2, -0.15) is 0 Å². The Labute approximate surface area is 82.0 Å². The summed E-state index contributed by atoms with van der Waals surface area (Å²) in [7, 11) is 0. The Morgan fingerprint density at radius 1 is 1.67 bits per heavy atom. The summed E-state index contributed by atoms with van der Waals surface area (Å²) in [6, 6.07) is 0. The van der Waals surface area contributed by atoms with Gasteiger partial charge in [-0.15, -0.1) is 22.9 Å². The van der Waals surface area contributed by atoms with Crippen LogP contribution in [0.15, 0.2) is 5.38 Å². The molecule has 0 atom stereocenters. The first kappa shape index (κ1) is 9.81. The third kappa shape index (κ3) is 2.64. The van der Waals surface area contributed by atoms with Crippen molar-refractivity contribution in [2.45, 2.75) is 26.3 Å². The fourth-order valence-corrected chi connectivity index (χ4v) is 1.67. The molecule has 4 heteroatoms. The van der Waals surface area contributed by atoms with E-state index in [1.807, 2.05) is 12.3 Å². The number of nitrogens with one attached hydrogen (secondary N) is 1. The fourth-order valence-electron chi connectivity index (χ4n) is 0.734. The van der Waals surface area contributed by atoms with Crippen LogP contribution in [0, 0.1) is 6.92 Å². The molecule has 0 fully saturated rings. The number of aromatic nitrogens is 1. The Morgan fingerprint density at radius 2 is 2.33 bits per heavy atom. The second kappa shape index (κ2) is 3.62. The summed E-state index contributed by atoms with van der Waals surface area (Å²) in [6.07, 6.45) is 0. The van der Waals surface area contributed by atoms with Gasteiger partial charge in [0.1, 0.15) is 0 Å². The van der Waals surface area contributed by atoms with E-state index in [4.69, 9.17) is 11.6 Å². The predicted octanol–water partition coefficient (Wildman–Crippen LogP) is 2.88. The molecule has 0 amide bonds. The number of alkyl halides is 1. The quantitative estimate of drug-likeness (QED) is 0.766. The summed E-state index contributed by atoms with van der Waals surface area (Å²) in [5.74, 6) is 0.575.